The highest BCUT2D eigenvalue weighted by molar-refractivity contribution is 6.04. The summed E-state index contributed by atoms with van der Waals surface area (Å²) in [5.74, 6) is 0.132. The molecule has 7 nitrogen and oxygen atoms in total. The number of carboxylic acids is 1. The van der Waals surface area contributed by atoms with Gasteiger partial charge >= 0.3 is 5.97 Å². The van der Waals surface area contributed by atoms with E-state index in [1.807, 2.05) is 26.0 Å². The van der Waals surface area contributed by atoms with Gasteiger partial charge in [0.2, 0.25) is 0 Å². The number of carboxylic acid groups (broad SMARTS) is 1. The summed E-state index contributed by atoms with van der Waals surface area (Å²) in [6.07, 6.45) is -0.234. The van der Waals surface area contributed by atoms with Gasteiger partial charge in [0.1, 0.15) is 17.6 Å². The average molecular weight is 369 g/mol. The molecule has 4 rings (SSSR count). The Bertz CT molecular complexity index is 965. The van der Waals surface area contributed by atoms with Gasteiger partial charge in [0.25, 0.3) is 0 Å². The molecule has 2 aliphatic heterocycles. The fourth-order valence-electron chi connectivity index (χ4n) is 3.47. The summed E-state index contributed by atoms with van der Waals surface area (Å²) < 4.78 is 17.1. The number of aromatic carboxylic acids is 1. The van der Waals surface area contributed by atoms with Crippen molar-refractivity contribution in [1.82, 2.24) is 0 Å². The van der Waals surface area contributed by atoms with E-state index in [2.05, 4.69) is 5.16 Å². The minimum absolute atomic E-state index is 0.0922. The minimum atomic E-state index is -1.04. The number of fused-ring (bicyclic) bond motifs is 2. The quantitative estimate of drug-likeness (QED) is 0.620. The van der Waals surface area contributed by atoms with Gasteiger partial charge in [-0.2, -0.15) is 0 Å². The molecule has 0 saturated carbocycles. The van der Waals surface area contributed by atoms with Gasteiger partial charge in [-0.25, -0.2) is 4.79 Å². The van der Waals surface area contributed by atoms with Crippen LogP contribution in [0, 0.1) is 13.8 Å². The predicted octanol–water partition coefficient (Wildman–Crippen LogP) is 3.57. The van der Waals surface area contributed by atoms with Crippen molar-refractivity contribution >= 4 is 11.7 Å². The zero-order valence-electron chi connectivity index (χ0n) is 15.0. The van der Waals surface area contributed by atoms with Crippen LogP contribution in [-0.4, -0.2) is 28.8 Å². The van der Waals surface area contributed by atoms with Gasteiger partial charge in [-0.3, -0.25) is 0 Å². The number of hydrogen-bond donors (Lipinski definition) is 2. The standard InChI is InChI=1S/C20H19NO6/c1-10-3-14-16(21-24)7-18(27-17(14)4-11(10)2)15-6-12(20(22)23)5-13-8-25-9-26-19(13)15/h3-6,18,24H,7-9H2,1-2H3,(H,22,23). The van der Waals surface area contributed by atoms with Crippen LogP contribution in [0.1, 0.15) is 50.7 Å². The predicted molar refractivity (Wildman–Crippen MR) is 95.9 cm³/mol. The summed E-state index contributed by atoms with van der Waals surface area (Å²) in [5.41, 5.74) is 4.76. The summed E-state index contributed by atoms with van der Waals surface area (Å²) in [6, 6.07) is 6.94. The van der Waals surface area contributed by atoms with Crippen LogP contribution in [0.25, 0.3) is 0 Å². The van der Waals surface area contributed by atoms with Crippen molar-refractivity contribution in [2.75, 3.05) is 6.79 Å². The monoisotopic (exact) mass is 369 g/mol. The molecule has 2 aromatic rings. The van der Waals surface area contributed by atoms with Gasteiger partial charge in [-0.15, -0.1) is 0 Å². The lowest BCUT2D eigenvalue weighted by molar-refractivity contribution is -0.0183. The summed E-state index contributed by atoms with van der Waals surface area (Å²) in [5, 5.41) is 22.4. The van der Waals surface area contributed by atoms with Crippen LogP contribution in [0.2, 0.25) is 0 Å². The number of ether oxygens (including phenoxy) is 3. The number of aryl methyl sites for hydroxylation is 2. The molecule has 0 aromatic heterocycles. The third kappa shape index (κ3) is 3.00. The molecule has 27 heavy (non-hydrogen) atoms. The van der Waals surface area contributed by atoms with Crippen LogP contribution in [0.3, 0.4) is 0 Å². The lowest BCUT2D eigenvalue weighted by atomic mass is 9.91. The van der Waals surface area contributed by atoms with Gasteiger partial charge in [-0.05, 0) is 49.2 Å². The van der Waals surface area contributed by atoms with E-state index in [1.54, 1.807) is 12.1 Å². The Balaban J connectivity index is 1.83. The summed E-state index contributed by atoms with van der Waals surface area (Å²) >= 11 is 0. The molecule has 140 valence electrons. The minimum Gasteiger partial charge on any atom is -0.484 e. The second-order valence-electron chi connectivity index (χ2n) is 6.76. The van der Waals surface area contributed by atoms with Crippen LogP contribution in [-0.2, 0) is 11.3 Å². The molecule has 0 amide bonds. The molecular formula is C20H19NO6. The summed E-state index contributed by atoms with van der Waals surface area (Å²) in [6.45, 7) is 4.32. The maximum absolute atomic E-state index is 11.5. The molecular weight excluding hydrogens is 350 g/mol. The third-order valence-electron chi connectivity index (χ3n) is 5.01. The van der Waals surface area contributed by atoms with Crippen LogP contribution in [0.15, 0.2) is 29.4 Å². The SMILES string of the molecule is Cc1cc2c(cc1C)C(=NO)CC(c1cc(C(=O)O)cc3c1OCOC3)O2. The highest BCUT2D eigenvalue weighted by Crippen LogP contribution is 2.42. The van der Waals surface area contributed by atoms with Crippen molar-refractivity contribution in [1.29, 1.82) is 0 Å². The van der Waals surface area contributed by atoms with E-state index in [-0.39, 0.29) is 19.0 Å². The molecule has 2 aromatic carbocycles. The number of oxime groups is 1. The van der Waals surface area contributed by atoms with E-state index >= 15 is 0 Å². The van der Waals surface area contributed by atoms with Crippen LogP contribution in [0.4, 0.5) is 0 Å². The molecule has 2 N–H and O–H groups in total. The first kappa shape index (κ1) is 17.4. The molecule has 0 fully saturated rings. The van der Waals surface area contributed by atoms with E-state index < -0.39 is 12.1 Å². The fourth-order valence-corrected chi connectivity index (χ4v) is 3.47. The lowest BCUT2D eigenvalue weighted by Gasteiger charge is -2.30. The number of nitrogens with zero attached hydrogens (tertiary/aromatic N) is 1. The lowest BCUT2D eigenvalue weighted by Crippen LogP contribution is -2.24. The Kier molecular flexibility index (Phi) is 4.24. The second-order valence-corrected chi connectivity index (χ2v) is 6.76. The molecule has 7 heteroatoms. The third-order valence-corrected chi connectivity index (χ3v) is 5.01. The van der Waals surface area contributed by atoms with Crippen molar-refractivity contribution < 1.29 is 29.3 Å². The number of carbonyl (C=O) groups is 1. The molecule has 0 aliphatic carbocycles. The Morgan fingerprint density at radius 3 is 2.70 bits per heavy atom. The summed E-state index contributed by atoms with van der Waals surface area (Å²) in [7, 11) is 0. The average Bonchev–Trinajstić information content (AvgIpc) is 2.67. The van der Waals surface area contributed by atoms with Crippen LogP contribution >= 0.6 is 0 Å². The van der Waals surface area contributed by atoms with E-state index in [9.17, 15) is 15.1 Å². The normalized spacial score (nSPS) is 19.6. The molecule has 0 spiro atoms. The van der Waals surface area contributed by atoms with Crippen molar-refractivity contribution in [2.24, 2.45) is 5.16 Å². The van der Waals surface area contributed by atoms with Crippen LogP contribution in [0.5, 0.6) is 11.5 Å². The Hall–Kier alpha value is -3.06. The van der Waals surface area contributed by atoms with Gasteiger partial charge < -0.3 is 24.5 Å². The van der Waals surface area contributed by atoms with Gasteiger partial charge in [-0.1, -0.05) is 5.16 Å². The highest BCUT2D eigenvalue weighted by atomic mass is 16.7. The molecule has 0 saturated heterocycles. The van der Waals surface area contributed by atoms with Crippen molar-refractivity contribution in [2.45, 2.75) is 33.0 Å². The van der Waals surface area contributed by atoms with E-state index in [0.29, 0.717) is 34.8 Å². The van der Waals surface area contributed by atoms with Gasteiger partial charge in [0, 0.05) is 23.1 Å². The summed E-state index contributed by atoms with van der Waals surface area (Å²) in [4.78, 5) is 11.5. The van der Waals surface area contributed by atoms with Gasteiger partial charge in [0.15, 0.2) is 6.79 Å². The van der Waals surface area contributed by atoms with E-state index in [0.717, 1.165) is 16.7 Å². The smallest absolute Gasteiger partial charge is 0.335 e. The molecule has 1 unspecified atom stereocenters. The molecule has 0 bridgehead atoms. The van der Waals surface area contributed by atoms with E-state index in [4.69, 9.17) is 14.2 Å². The molecule has 0 radical (unpaired) electrons. The first-order valence-corrected chi connectivity index (χ1v) is 8.57. The number of hydrogen-bond acceptors (Lipinski definition) is 6. The van der Waals surface area contributed by atoms with E-state index in [1.165, 1.54) is 0 Å². The largest absolute Gasteiger partial charge is 0.484 e. The Labute approximate surface area is 155 Å². The zero-order chi connectivity index (χ0) is 19.1. The van der Waals surface area contributed by atoms with Gasteiger partial charge in [0.05, 0.1) is 17.9 Å². The van der Waals surface area contributed by atoms with Crippen molar-refractivity contribution in [3.05, 3.63) is 57.6 Å². The number of benzene rings is 2. The second kappa shape index (κ2) is 6.59. The van der Waals surface area contributed by atoms with Crippen molar-refractivity contribution in [3.8, 4) is 11.5 Å². The maximum atomic E-state index is 11.5. The maximum Gasteiger partial charge on any atom is 0.335 e. The Morgan fingerprint density at radius 1 is 1.19 bits per heavy atom. The first-order valence-electron chi connectivity index (χ1n) is 8.57. The molecule has 2 aliphatic rings. The topological polar surface area (TPSA) is 97.6 Å². The fraction of sp³-hybridized carbons (Fsp3) is 0.300. The molecule has 2 heterocycles. The highest BCUT2D eigenvalue weighted by Gasteiger charge is 2.32. The molecule has 1 atom stereocenters. The van der Waals surface area contributed by atoms with Crippen molar-refractivity contribution in [3.63, 3.8) is 0 Å². The van der Waals surface area contributed by atoms with Crippen LogP contribution < -0.4 is 9.47 Å². The Morgan fingerprint density at radius 2 is 1.96 bits per heavy atom. The number of rotatable bonds is 2. The first-order chi connectivity index (χ1) is 13.0. The zero-order valence-corrected chi connectivity index (χ0v) is 15.0.